The summed E-state index contributed by atoms with van der Waals surface area (Å²) in [6.45, 7) is 1.71. The molecule has 0 unspecified atom stereocenters. The van der Waals surface area contributed by atoms with E-state index in [9.17, 15) is 4.79 Å². The average Bonchev–Trinajstić information content (AvgIpc) is 2.76. The second-order valence-corrected chi connectivity index (χ2v) is 3.57. The molecule has 1 aliphatic heterocycles. The van der Waals surface area contributed by atoms with Crippen LogP contribution in [0.2, 0.25) is 0 Å². The normalized spacial score (nSPS) is 16.5. The van der Waals surface area contributed by atoms with Crippen LogP contribution in [0.4, 0.5) is 5.82 Å². The van der Waals surface area contributed by atoms with Crippen molar-refractivity contribution in [3.05, 3.63) is 12.7 Å². The second kappa shape index (κ2) is 3.44. The molecule has 0 spiro atoms. The molecule has 3 rings (SSSR count). The minimum absolute atomic E-state index is 0.0116. The zero-order chi connectivity index (χ0) is 11.0. The first-order chi connectivity index (χ1) is 7.84. The lowest BCUT2D eigenvalue weighted by Gasteiger charge is -2.27. The zero-order valence-electron chi connectivity index (χ0n) is 8.47. The number of aromatic amines is 1. The van der Waals surface area contributed by atoms with E-state index in [0.29, 0.717) is 18.7 Å². The van der Waals surface area contributed by atoms with Crippen molar-refractivity contribution in [1.29, 1.82) is 0 Å². The quantitative estimate of drug-likeness (QED) is 0.660. The van der Waals surface area contributed by atoms with E-state index in [0.717, 1.165) is 17.9 Å². The number of H-pyrrole nitrogens is 1. The van der Waals surface area contributed by atoms with Crippen molar-refractivity contribution in [2.45, 2.75) is 0 Å². The molecule has 1 saturated heterocycles. The Balaban J connectivity index is 2.04. The molecule has 0 bridgehead atoms. The lowest BCUT2D eigenvalue weighted by Crippen LogP contribution is -2.48. The topological polar surface area (TPSA) is 86.8 Å². The van der Waals surface area contributed by atoms with E-state index in [4.69, 9.17) is 0 Å². The Bertz CT molecular complexity index is 536. The number of nitrogens with zero attached hydrogens (tertiary/aromatic N) is 4. The largest absolute Gasteiger partial charge is 0.353 e. The summed E-state index contributed by atoms with van der Waals surface area (Å²) in [6.07, 6.45) is 3.04. The van der Waals surface area contributed by atoms with Gasteiger partial charge in [0.15, 0.2) is 11.5 Å². The van der Waals surface area contributed by atoms with Gasteiger partial charge in [-0.05, 0) is 0 Å². The number of fused-ring (bicyclic) bond motifs is 1. The van der Waals surface area contributed by atoms with Crippen LogP contribution < -0.4 is 10.2 Å². The van der Waals surface area contributed by atoms with Crippen LogP contribution in [-0.4, -0.2) is 45.5 Å². The number of hydrogen-bond donors (Lipinski definition) is 2. The Morgan fingerprint density at radius 3 is 3.12 bits per heavy atom. The van der Waals surface area contributed by atoms with E-state index < -0.39 is 0 Å². The molecule has 7 nitrogen and oxygen atoms in total. The Hall–Kier alpha value is -2.18. The van der Waals surface area contributed by atoms with Gasteiger partial charge in [0.1, 0.15) is 11.8 Å². The van der Waals surface area contributed by atoms with Gasteiger partial charge in [0.2, 0.25) is 5.91 Å². The van der Waals surface area contributed by atoms with Gasteiger partial charge in [-0.1, -0.05) is 0 Å². The van der Waals surface area contributed by atoms with Crippen LogP contribution >= 0.6 is 0 Å². The number of carbonyl (C=O) groups is 1. The first-order valence-corrected chi connectivity index (χ1v) is 5.00. The van der Waals surface area contributed by atoms with Crippen molar-refractivity contribution in [3.8, 4) is 0 Å². The van der Waals surface area contributed by atoms with Gasteiger partial charge in [0.05, 0.1) is 12.9 Å². The predicted molar refractivity (Wildman–Crippen MR) is 56.9 cm³/mol. The number of imidazole rings is 1. The molecule has 2 N–H and O–H groups in total. The number of anilines is 1. The fourth-order valence-corrected chi connectivity index (χ4v) is 1.81. The van der Waals surface area contributed by atoms with E-state index in [1.807, 2.05) is 4.90 Å². The summed E-state index contributed by atoms with van der Waals surface area (Å²) >= 11 is 0. The molecule has 7 heteroatoms. The summed E-state index contributed by atoms with van der Waals surface area (Å²) in [7, 11) is 0. The van der Waals surface area contributed by atoms with Crippen molar-refractivity contribution < 1.29 is 4.79 Å². The Morgan fingerprint density at radius 2 is 2.25 bits per heavy atom. The first-order valence-electron chi connectivity index (χ1n) is 5.00. The third-order valence-corrected chi connectivity index (χ3v) is 2.54. The van der Waals surface area contributed by atoms with Crippen LogP contribution in [0.15, 0.2) is 12.7 Å². The van der Waals surface area contributed by atoms with Gasteiger partial charge in [-0.25, -0.2) is 15.0 Å². The summed E-state index contributed by atoms with van der Waals surface area (Å²) in [5, 5.41) is 2.77. The zero-order valence-corrected chi connectivity index (χ0v) is 8.47. The number of rotatable bonds is 1. The third-order valence-electron chi connectivity index (χ3n) is 2.54. The predicted octanol–water partition coefficient (Wildman–Crippen LogP) is -0.711. The number of nitrogens with one attached hydrogen (secondary N) is 2. The molecule has 0 radical (unpaired) electrons. The van der Waals surface area contributed by atoms with Crippen LogP contribution in [0.25, 0.3) is 11.2 Å². The summed E-state index contributed by atoms with van der Waals surface area (Å²) in [5.74, 6) is 0.745. The number of carbonyl (C=O) groups excluding carboxylic acids is 1. The fraction of sp³-hybridized carbons (Fsp3) is 0.333. The third kappa shape index (κ3) is 1.37. The van der Waals surface area contributed by atoms with Crippen LogP contribution in [-0.2, 0) is 4.79 Å². The highest BCUT2D eigenvalue weighted by Gasteiger charge is 2.20. The molecular formula is C9H10N6O. The summed E-state index contributed by atoms with van der Waals surface area (Å²) in [4.78, 5) is 28.5. The highest BCUT2D eigenvalue weighted by atomic mass is 16.2. The second-order valence-electron chi connectivity index (χ2n) is 3.57. The maximum Gasteiger partial charge on any atom is 0.239 e. The summed E-state index contributed by atoms with van der Waals surface area (Å²) in [6, 6.07) is 0. The molecule has 1 aliphatic rings. The van der Waals surface area contributed by atoms with Gasteiger partial charge in [0, 0.05) is 13.1 Å². The van der Waals surface area contributed by atoms with Gasteiger partial charge in [-0.3, -0.25) is 4.79 Å². The minimum Gasteiger partial charge on any atom is -0.353 e. The smallest absolute Gasteiger partial charge is 0.239 e. The van der Waals surface area contributed by atoms with Crippen molar-refractivity contribution in [2.24, 2.45) is 0 Å². The lowest BCUT2D eigenvalue weighted by molar-refractivity contribution is -0.120. The highest BCUT2D eigenvalue weighted by molar-refractivity contribution is 5.88. The first kappa shape index (κ1) is 9.08. The molecular weight excluding hydrogens is 208 g/mol. The standard InChI is InChI=1S/C9H10N6O/c16-6-3-15(2-1-10-6)9-7-8(12-4-11-7)13-5-14-9/h4-5H,1-3H2,(H,10,16)(H,11,12,13,14). The monoisotopic (exact) mass is 218 g/mol. The number of hydrogen-bond acceptors (Lipinski definition) is 5. The molecule has 1 amide bonds. The summed E-state index contributed by atoms with van der Waals surface area (Å²) < 4.78 is 0. The Labute approximate surface area is 90.9 Å². The Kier molecular flexibility index (Phi) is 1.95. The van der Waals surface area contributed by atoms with E-state index in [2.05, 4.69) is 25.3 Å². The number of piperazine rings is 1. The molecule has 82 valence electrons. The molecule has 0 saturated carbocycles. The molecule has 2 aromatic rings. The van der Waals surface area contributed by atoms with Gasteiger partial charge >= 0.3 is 0 Å². The van der Waals surface area contributed by atoms with E-state index in [1.165, 1.54) is 6.33 Å². The fourth-order valence-electron chi connectivity index (χ4n) is 1.81. The van der Waals surface area contributed by atoms with Crippen LogP contribution in [0.5, 0.6) is 0 Å². The van der Waals surface area contributed by atoms with Crippen molar-refractivity contribution in [1.82, 2.24) is 25.3 Å². The summed E-state index contributed by atoms with van der Waals surface area (Å²) in [5.41, 5.74) is 1.40. The van der Waals surface area contributed by atoms with Gasteiger partial charge in [0.25, 0.3) is 0 Å². The molecule has 0 atom stereocenters. The van der Waals surface area contributed by atoms with E-state index >= 15 is 0 Å². The minimum atomic E-state index is 0.0116. The van der Waals surface area contributed by atoms with Gasteiger partial charge in [-0.15, -0.1) is 0 Å². The van der Waals surface area contributed by atoms with Crippen molar-refractivity contribution in [3.63, 3.8) is 0 Å². The lowest BCUT2D eigenvalue weighted by atomic mass is 10.3. The van der Waals surface area contributed by atoms with Crippen molar-refractivity contribution in [2.75, 3.05) is 24.5 Å². The highest BCUT2D eigenvalue weighted by Crippen LogP contribution is 2.19. The molecule has 2 aromatic heterocycles. The van der Waals surface area contributed by atoms with Crippen molar-refractivity contribution >= 4 is 22.9 Å². The molecule has 16 heavy (non-hydrogen) atoms. The maximum absolute atomic E-state index is 11.3. The van der Waals surface area contributed by atoms with Gasteiger partial charge < -0.3 is 15.2 Å². The van der Waals surface area contributed by atoms with Crippen LogP contribution in [0.3, 0.4) is 0 Å². The molecule has 1 fully saturated rings. The number of amides is 1. The molecule has 0 aliphatic carbocycles. The molecule has 0 aromatic carbocycles. The van der Waals surface area contributed by atoms with Gasteiger partial charge in [-0.2, -0.15) is 0 Å². The number of aromatic nitrogens is 4. The van der Waals surface area contributed by atoms with E-state index in [-0.39, 0.29) is 5.91 Å². The SMILES string of the molecule is O=C1CN(c2ncnc3nc[nH]c23)CCN1. The van der Waals surface area contributed by atoms with E-state index in [1.54, 1.807) is 6.33 Å². The average molecular weight is 218 g/mol. The van der Waals surface area contributed by atoms with Crippen LogP contribution in [0, 0.1) is 0 Å². The maximum atomic E-state index is 11.3. The Morgan fingerprint density at radius 1 is 1.31 bits per heavy atom. The molecule has 3 heterocycles. The van der Waals surface area contributed by atoms with Crippen LogP contribution in [0.1, 0.15) is 0 Å².